The average Bonchev–Trinajstić information content (AvgIpc) is 2.64. The molecule has 0 aliphatic heterocycles. The molecule has 0 atom stereocenters. The Balaban J connectivity index is 2.31. The van der Waals surface area contributed by atoms with Gasteiger partial charge in [-0.25, -0.2) is 0 Å². The summed E-state index contributed by atoms with van der Waals surface area (Å²) in [5.74, 6) is -0.480. The van der Waals surface area contributed by atoms with Crippen LogP contribution in [0.1, 0.15) is 23.8 Å². The molecule has 0 spiro atoms. The number of ether oxygens (including phenoxy) is 1. The van der Waals surface area contributed by atoms with Gasteiger partial charge in [0.25, 0.3) is 5.91 Å². The molecule has 5 heteroatoms. The molecule has 1 rings (SSSR count). The third-order valence-corrected chi connectivity index (χ3v) is 2.10. The Kier molecular flexibility index (Phi) is 4.57. The molecule has 0 aliphatic rings. The first-order valence-electron chi connectivity index (χ1n) is 5.20. The Bertz CT molecular complexity index is 371. The molecule has 0 fully saturated rings. The third kappa shape index (κ3) is 3.42. The fourth-order valence-electron chi connectivity index (χ4n) is 1.30. The van der Waals surface area contributed by atoms with Gasteiger partial charge in [0.05, 0.1) is 13.0 Å². The maximum absolute atomic E-state index is 11.6. The second-order valence-electron chi connectivity index (χ2n) is 3.32. The Morgan fingerprint density at radius 2 is 2.25 bits per heavy atom. The summed E-state index contributed by atoms with van der Waals surface area (Å²) in [6.07, 6.45) is 1.99. The second-order valence-corrected chi connectivity index (χ2v) is 3.32. The Morgan fingerprint density at radius 1 is 1.50 bits per heavy atom. The number of amides is 1. The van der Waals surface area contributed by atoms with E-state index in [1.54, 1.807) is 36.9 Å². The van der Waals surface area contributed by atoms with Crippen LogP contribution < -0.4 is 5.32 Å². The molecule has 1 aromatic rings. The van der Waals surface area contributed by atoms with E-state index in [0.717, 1.165) is 0 Å². The van der Waals surface area contributed by atoms with E-state index in [1.807, 2.05) is 0 Å². The molecule has 0 aliphatic carbocycles. The first kappa shape index (κ1) is 12.3. The number of carbonyl (C=O) groups excluding carboxylic acids is 2. The van der Waals surface area contributed by atoms with Gasteiger partial charge in [-0.1, -0.05) is 0 Å². The monoisotopic (exact) mass is 224 g/mol. The zero-order valence-electron chi connectivity index (χ0n) is 9.53. The molecule has 1 aromatic heterocycles. The van der Waals surface area contributed by atoms with Crippen molar-refractivity contribution in [2.24, 2.45) is 7.05 Å². The van der Waals surface area contributed by atoms with Crippen LogP contribution in [0.5, 0.6) is 0 Å². The molecule has 0 saturated carbocycles. The van der Waals surface area contributed by atoms with Crippen LogP contribution in [-0.4, -0.2) is 29.6 Å². The van der Waals surface area contributed by atoms with Gasteiger partial charge in [0.1, 0.15) is 5.69 Å². The normalized spacial score (nSPS) is 9.88. The van der Waals surface area contributed by atoms with Crippen molar-refractivity contribution in [2.45, 2.75) is 13.3 Å². The minimum Gasteiger partial charge on any atom is -0.466 e. The van der Waals surface area contributed by atoms with E-state index in [4.69, 9.17) is 4.74 Å². The van der Waals surface area contributed by atoms with Crippen LogP contribution in [0.2, 0.25) is 0 Å². The van der Waals surface area contributed by atoms with Crippen LogP contribution >= 0.6 is 0 Å². The van der Waals surface area contributed by atoms with Crippen molar-refractivity contribution in [3.05, 3.63) is 24.0 Å². The average molecular weight is 224 g/mol. The van der Waals surface area contributed by atoms with Gasteiger partial charge in [0, 0.05) is 19.8 Å². The first-order chi connectivity index (χ1) is 7.65. The van der Waals surface area contributed by atoms with Crippen LogP contribution in [0, 0.1) is 0 Å². The van der Waals surface area contributed by atoms with Gasteiger partial charge in [-0.15, -0.1) is 0 Å². The molecule has 5 nitrogen and oxygen atoms in total. The lowest BCUT2D eigenvalue weighted by atomic mass is 10.3. The molecule has 1 N–H and O–H groups in total. The zero-order valence-corrected chi connectivity index (χ0v) is 9.53. The highest BCUT2D eigenvalue weighted by Crippen LogP contribution is 1.98. The minimum atomic E-state index is -0.297. The van der Waals surface area contributed by atoms with Gasteiger partial charge in [-0.3, -0.25) is 9.59 Å². The SMILES string of the molecule is CCOC(=O)CCNC(=O)c1cccn1C. The molecule has 0 radical (unpaired) electrons. The van der Waals surface area contributed by atoms with Crippen molar-refractivity contribution in [1.29, 1.82) is 0 Å². The minimum absolute atomic E-state index is 0.184. The second kappa shape index (κ2) is 5.95. The summed E-state index contributed by atoms with van der Waals surface area (Å²) in [6, 6.07) is 3.51. The number of esters is 1. The molecule has 88 valence electrons. The molecule has 0 aromatic carbocycles. The van der Waals surface area contributed by atoms with Crippen molar-refractivity contribution >= 4 is 11.9 Å². The van der Waals surface area contributed by atoms with Crippen molar-refractivity contribution < 1.29 is 14.3 Å². The summed E-state index contributed by atoms with van der Waals surface area (Å²) in [4.78, 5) is 22.6. The Morgan fingerprint density at radius 3 is 2.81 bits per heavy atom. The lowest BCUT2D eigenvalue weighted by Crippen LogP contribution is -2.28. The van der Waals surface area contributed by atoms with E-state index in [-0.39, 0.29) is 18.3 Å². The van der Waals surface area contributed by atoms with Crippen LogP contribution in [0.15, 0.2) is 18.3 Å². The lowest BCUT2D eigenvalue weighted by molar-refractivity contribution is -0.142. The van der Waals surface area contributed by atoms with Crippen molar-refractivity contribution in [3.8, 4) is 0 Å². The van der Waals surface area contributed by atoms with Crippen LogP contribution in [0.4, 0.5) is 0 Å². The largest absolute Gasteiger partial charge is 0.466 e. The predicted octanol–water partition coefficient (Wildman–Crippen LogP) is 0.708. The topological polar surface area (TPSA) is 60.3 Å². The fraction of sp³-hybridized carbons (Fsp3) is 0.455. The quantitative estimate of drug-likeness (QED) is 0.749. The maximum Gasteiger partial charge on any atom is 0.307 e. The summed E-state index contributed by atoms with van der Waals surface area (Å²) in [6.45, 7) is 2.41. The van der Waals surface area contributed by atoms with Crippen LogP contribution in [0.25, 0.3) is 0 Å². The van der Waals surface area contributed by atoms with Gasteiger partial charge in [-0.2, -0.15) is 0 Å². The van der Waals surface area contributed by atoms with Gasteiger partial charge in [0.15, 0.2) is 0 Å². The van der Waals surface area contributed by atoms with Gasteiger partial charge < -0.3 is 14.6 Å². The maximum atomic E-state index is 11.6. The molecule has 1 heterocycles. The molecule has 1 amide bonds. The molecule has 0 saturated heterocycles. The van der Waals surface area contributed by atoms with Crippen molar-refractivity contribution in [1.82, 2.24) is 9.88 Å². The van der Waals surface area contributed by atoms with Crippen LogP contribution in [-0.2, 0) is 16.6 Å². The number of carbonyl (C=O) groups is 2. The van der Waals surface area contributed by atoms with Gasteiger partial charge >= 0.3 is 5.97 Å². The lowest BCUT2D eigenvalue weighted by Gasteiger charge is -2.05. The summed E-state index contributed by atoms with van der Waals surface area (Å²) < 4.78 is 6.46. The third-order valence-electron chi connectivity index (χ3n) is 2.10. The van der Waals surface area contributed by atoms with Gasteiger partial charge in [0.2, 0.25) is 0 Å². The summed E-state index contributed by atoms with van der Waals surface area (Å²) in [5, 5.41) is 2.65. The Hall–Kier alpha value is -1.78. The molecule has 0 bridgehead atoms. The van der Waals surface area contributed by atoms with Crippen LogP contribution in [0.3, 0.4) is 0 Å². The molecular weight excluding hydrogens is 208 g/mol. The highest BCUT2D eigenvalue weighted by atomic mass is 16.5. The number of aromatic nitrogens is 1. The smallest absolute Gasteiger partial charge is 0.307 e. The zero-order chi connectivity index (χ0) is 12.0. The number of rotatable bonds is 5. The highest BCUT2D eigenvalue weighted by molar-refractivity contribution is 5.92. The Labute approximate surface area is 94.4 Å². The number of hydrogen-bond acceptors (Lipinski definition) is 3. The van der Waals surface area contributed by atoms with E-state index in [0.29, 0.717) is 18.8 Å². The van der Waals surface area contributed by atoms with E-state index in [9.17, 15) is 9.59 Å². The molecular formula is C11H16N2O3. The molecule has 0 unspecified atom stereocenters. The highest BCUT2D eigenvalue weighted by Gasteiger charge is 2.08. The summed E-state index contributed by atoms with van der Waals surface area (Å²) >= 11 is 0. The fourth-order valence-corrected chi connectivity index (χ4v) is 1.30. The predicted molar refractivity (Wildman–Crippen MR) is 59.0 cm³/mol. The standard InChI is InChI=1S/C11H16N2O3/c1-3-16-10(14)6-7-12-11(15)9-5-4-8-13(9)2/h4-5,8H,3,6-7H2,1-2H3,(H,12,15). The van der Waals surface area contributed by atoms with Crippen molar-refractivity contribution in [3.63, 3.8) is 0 Å². The number of nitrogens with one attached hydrogen (secondary N) is 1. The van der Waals surface area contributed by atoms with Gasteiger partial charge in [-0.05, 0) is 19.1 Å². The van der Waals surface area contributed by atoms with E-state index in [1.165, 1.54) is 0 Å². The first-order valence-corrected chi connectivity index (χ1v) is 5.20. The number of nitrogens with zero attached hydrogens (tertiary/aromatic N) is 1. The summed E-state index contributed by atoms with van der Waals surface area (Å²) in [7, 11) is 1.79. The summed E-state index contributed by atoms with van der Waals surface area (Å²) in [5.41, 5.74) is 0.573. The van der Waals surface area contributed by atoms with Crippen molar-refractivity contribution in [2.75, 3.05) is 13.2 Å². The number of aryl methyl sites for hydroxylation is 1. The van der Waals surface area contributed by atoms with E-state index < -0.39 is 0 Å². The van der Waals surface area contributed by atoms with E-state index >= 15 is 0 Å². The van der Waals surface area contributed by atoms with E-state index in [2.05, 4.69) is 5.32 Å². The number of hydrogen-bond donors (Lipinski definition) is 1. The molecule has 16 heavy (non-hydrogen) atoms.